The second kappa shape index (κ2) is 16.3. The number of rotatable bonds is 13. The zero-order valence-corrected chi connectivity index (χ0v) is 29.8. The van der Waals surface area contributed by atoms with E-state index in [9.17, 15) is 24.3 Å². The van der Waals surface area contributed by atoms with Crippen molar-refractivity contribution in [3.8, 4) is 11.1 Å². The minimum Gasteiger partial charge on any atom is -0.478 e. The Morgan fingerprint density at radius 1 is 0.600 bits per heavy atom. The molecule has 0 bridgehead atoms. The van der Waals surface area contributed by atoms with Crippen molar-refractivity contribution >= 4 is 23.9 Å². The van der Waals surface area contributed by atoms with E-state index in [0.29, 0.717) is 5.56 Å². The quantitative estimate of drug-likeness (QED) is 0.0816. The summed E-state index contributed by atoms with van der Waals surface area (Å²) >= 11 is 0. The highest BCUT2D eigenvalue weighted by Crippen LogP contribution is 2.44. The van der Waals surface area contributed by atoms with Gasteiger partial charge in [-0.05, 0) is 56.6 Å². The number of aromatic carboxylic acids is 1. The fourth-order valence-electron chi connectivity index (χ4n) is 7.20. The highest BCUT2D eigenvalue weighted by atomic mass is 16.6. The van der Waals surface area contributed by atoms with Crippen molar-refractivity contribution in [2.24, 2.45) is 0 Å². The number of esters is 1. The first-order valence-electron chi connectivity index (χ1n) is 17.9. The maximum Gasteiger partial charge on any atom is 0.407 e. The Labute approximate surface area is 318 Å². The van der Waals surface area contributed by atoms with Crippen LogP contribution in [0.2, 0.25) is 0 Å². The molecule has 7 rings (SSSR count). The van der Waals surface area contributed by atoms with Crippen LogP contribution in [0.25, 0.3) is 11.1 Å². The van der Waals surface area contributed by atoms with E-state index in [4.69, 9.17) is 9.47 Å². The van der Waals surface area contributed by atoms with Crippen LogP contribution >= 0.6 is 0 Å². The van der Waals surface area contributed by atoms with Gasteiger partial charge in [0.05, 0.1) is 12.0 Å². The lowest BCUT2D eigenvalue weighted by Crippen LogP contribution is -2.51. The van der Waals surface area contributed by atoms with E-state index in [0.717, 1.165) is 38.9 Å². The molecule has 274 valence electrons. The van der Waals surface area contributed by atoms with Crippen LogP contribution in [-0.2, 0) is 31.2 Å². The standard InChI is InChI=1S/C46H38N2O7/c49-42(48-46(33-14-4-1-5-15-33,34-16-6-2-7-17-34)35-18-8-3-9-19-35)28-41(44(52)54-29-31-24-26-32(27-25-31)43(50)51)47-45(53)55-30-40-38-22-12-10-20-36(38)37-21-11-13-23-39(37)40/h1-27,40-41H,28-30H2,(H,47,53)(H,48,49)(H,50,51)/t41-/m0/s1. The molecule has 0 saturated heterocycles. The number of amides is 2. The summed E-state index contributed by atoms with van der Waals surface area (Å²) < 4.78 is 11.4. The van der Waals surface area contributed by atoms with Gasteiger partial charge in [-0.25, -0.2) is 14.4 Å². The predicted molar refractivity (Wildman–Crippen MR) is 207 cm³/mol. The van der Waals surface area contributed by atoms with Crippen molar-refractivity contribution in [3.63, 3.8) is 0 Å². The summed E-state index contributed by atoms with van der Waals surface area (Å²) in [4.78, 5) is 52.9. The van der Waals surface area contributed by atoms with Gasteiger partial charge < -0.3 is 25.2 Å². The first kappa shape index (κ1) is 36.4. The normalized spacial score (nSPS) is 12.4. The first-order chi connectivity index (χ1) is 26.8. The molecular formula is C46H38N2O7. The lowest BCUT2D eigenvalue weighted by atomic mass is 9.77. The first-order valence-corrected chi connectivity index (χ1v) is 17.9. The largest absolute Gasteiger partial charge is 0.478 e. The van der Waals surface area contributed by atoms with Gasteiger partial charge in [-0.3, -0.25) is 4.79 Å². The number of alkyl carbamates (subject to hydrolysis) is 1. The van der Waals surface area contributed by atoms with E-state index >= 15 is 0 Å². The van der Waals surface area contributed by atoms with Crippen LogP contribution < -0.4 is 10.6 Å². The second-order valence-electron chi connectivity index (χ2n) is 13.2. The average molecular weight is 731 g/mol. The summed E-state index contributed by atoms with van der Waals surface area (Å²) in [5, 5.41) is 15.1. The molecule has 0 aliphatic heterocycles. The molecule has 0 spiro atoms. The van der Waals surface area contributed by atoms with Crippen LogP contribution in [0.15, 0.2) is 164 Å². The predicted octanol–water partition coefficient (Wildman–Crippen LogP) is 7.83. The van der Waals surface area contributed by atoms with Crippen molar-refractivity contribution < 1.29 is 33.8 Å². The lowest BCUT2D eigenvalue weighted by molar-refractivity contribution is -0.149. The zero-order valence-electron chi connectivity index (χ0n) is 29.8. The third-order valence-corrected chi connectivity index (χ3v) is 9.84. The minimum absolute atomic E-state index is 0.00286. The summed E-state index contributed by atoms with van der Waals surface area (Å²) in [5.74, 6) is -2.71. The van der Waals surface area contributed by atoms with E-state index in [1.165, 1.54) is 24.3 Å². The number of carbonyl (C=O) groups excluding carboxylic acids is 3. The van der Waals surface area contributed by atoms with Crippen LogP contribution in [0.3, 0.4) is 0 Å². The maximum atomic E-state index is 14.3. The fraction of sp³-hybridized carbons (Fsp3) is 0.130. The monoisotopic (exact) mass is 730 g/mol. The van der Waals surface area contributed by atoms with Crippen molar-refractivity contribution in [2.45, 2.75) is 30.5 Å². The van der Waals surface area contributed by atoms with Crippen molar-refractivity contribution in [3.05, 3.63) is 203 Å². The molecule has 1 atom stereocenters. The smallest absolute Gasteiger partial charge is 0.407 e. The van der Waals surface area contributed by atoms with E-state index in [1.807, 2.05) is 140 Å². The Kier molecular flexibility index (Phi) is 10.8. The average Bonchev–Trinajstić information content (AvgIpc) is 3.55. The summed E-state index contributed by atoms with van der Waals surface area (Å²) in [6.07, 6.45) is -1.36. The van der Waals surface area contributed by atoms with Crippen LogP contribution in [0.4, 0.5) is 4.79 Å². The van der Waals surface area contributed by atoms with Crippen molar-refractivity contribution in [1.29, 1.82) is 0 Å². The van der Waals surface area contributed by atoms with E-state index in [1.54, 1.807) is 0 Å². The molecule has 0 radical (unpaired) electrons. The summed E-state index contributed by atoms with van der Waals surface area (Å²) in [7, 11) is 0. The third kappa shape index (κ3) is 7.87. The number of fused-ring (bicyclic) bond motifs is 3. The van der Waals surface area contributed by atoms with Gasteiger partial charge in [0.2, 0.25) is 5.91 Å². The molecule has 2 amide bonds. The maximum absolute atomic E-state index is 14.3. The number of ether oxygens (including phenoxy) is 2. The van der Waals surface area contributed by atoms with Gasteiger partial charge in [0.15, 0.2) is 0 Å². The molecule has 0 aromatic heterocycles. The topological polar surface area (TPSA) is 131 Å². The summed E-state index contributed by atoms with van der Waals surface area (Å²) in [5.41, 5.74) is 6.00. The van der Waals surface area contributed by atoms with Gasteiger partial charge in [0.1, 0.15) is 24.8 Å². The van der Waals surface area contributed by atoms with Crippen molar-refractivity contribution in [1.82, 2.24) is 10.6 Å². The Balaban J connectivity index is 1.14. The summed E-state index contributed by atoms with van der Waals surface area (Å²) in [6.45, 7) is -0.214. The highest BCUT2D eigenvalue weighted by Gasteiger charge is 2.39. The Bertz CT molecular complexity index is 2150. The molecule has 55 heavy (non-hydrogen) atoms. The molecule has 9 heteroatoms. The second-order valence-corrected chi connectivity index (χ2v) is 13.2. The molecule has 6 aromatic carbocycles. The number of benzene rings is 6. The number of carbonyl (C=O) groups is 4. The van der Waals surface area contributed by atoms with Crippen molar-refractivity contribution in [2.75, 3.05) is 6.61 Å². The molecule has 9 nitrogen and oxygen atoms in total. The minimum atomic E-state index is -1.44. The van der Waals surface area contributed by atoms with Crippen LogP contribution in [0.1, 0.15) is 56.1 Å². The van der Waals surface area contributed by atoms with Gasteiger partial charge in [0, 0.05) is 5.92 Å². The number of carboxylic acids is 1. The van der Waals surface area contributed by atoms with Gasteiger partial charge >= 0.3 is 18.0 Å². The SMILES string of the molecule is O=C(C[C@H](NC(=O)OCC1c2ccccc2-c2ccccc21)C(=O)OCc1ccc(C(=O)O)cc1)NC(c1ccccc1)(c1ccccc1)c1ccccc1. The van der Waals surface area contributed by atoms with Crippen LogP contribution in [0.5, 0.6) is 0 Å². The number of hydrogen-bond acceptors (Lipinski definition) is 6. The molecule has 3 N–H and O–H groups in total. The third-order valence-electron chi connectivity index (χ3n) is 9.84. The molecule has 0 fully saturated rings. The van der Waals surface area contributed by atoms with Gasteiger partial charge in [-0.15, -0.1) is 0 Å². The molecule has 6 aromatic rings. The van der Waals surface area contributed by atoms with Gasteiger partial charge in [-0.2, -0.15) is 0 Å². The number of hydrogen-bond donors (Lipinski definition) is 3. The van der Waals surface area contributed by atoms with E-state index in [2.05, 4.69) is 10.6 Å². The molecule has 1 aliphatic rings. The molecule has 0 heterocycles. The molecule has 0 unspecified atom stereocenters. The van der Waals surface area contributed by atoms with Gasteiger partial charge in [0.25, 0.3) is 0 Å². The molecule has 0 saturated carbocycles. The zero-order chi connectivity index (χ0) is 38.2. The lowest BCUT2D eigenvalue weighted by Gasteiger charge is -2.37. The Hall–Kier alpha value is -7.00. The molecular weight excluding hydrogens is 693 g/mol. The number of nitrogens with one attached hydrogen (secondary N) is 2. The number of carboxylic acid groups (broad SMARTS) is 1. The Morgan fingerprint density at radius 3 is 1.56 bits per heavy atom. The van der Waals surface area contributed by atoms with Gasteiger partial charge in [-0.1, -0.05) is 152 Å². The molecule has 1 aliphatic carbocycles. The van der Waals surface area contributed by atoms with E-state index < -0.39 is 41.9 Å². The van der Waals surface area contributed by atoms with Crippen LogP contribution in [-0.4, -0.2) is 41.7 Å². The highest BCUT2D eigenvalue weighted by molar-refractivity contribution is 5.89. The summed E-state index contributed by atoms with van der Waals surface area (Å²) in [6, 6.07) is 48.9. The fourth-order valence-corrected chi connectivity index (χ4v) is 7.20. The Morgan fingerprint density at radius 2 is 1.07 bits per heavy atom. The van der Waals surface area contributed by atoms with E-state index in [-0.39, 0.29) is 24.7 Å². The van der Waals surface area contributed by atoms with Crippen LogP contribution in [0, 0.1) is 0 Å².